The van der Waals surface area contributed by atoms with E-state index in [-0.39, 0.29) is 35.5 Å². The Morgan fingerprint density at radius 3 is 2.59 bits per heavy atom. The van der Waals surface area contributed by atoms with E-state index in [0.29, 0.717) is 5.02 Å². The molecule has 1 N–H and O–H groups in total. The van der Waals surface area contributed by atoms with E-state index in [1.54, 1.807) is 11.3 Å². The minimum absolute atomic E-state index is 0. The second kappa shape index (κ2) is 10.9. The van der Waals surface area contributed by atoms with Gasteiger partial charge in [-0.3, -0.25) is 9.45 Å². The van der Waals surface area contributed by atoms with Crippen LogP contribution in [0.4, 0.5) is 0 Å². The first-order valence-corrected chi connectivity index (χ1v) is 10.1. The van der Waals surface area contributed by atoms with Crippen molar-refractivity contribution in [2.45, 2.75) is 19.0 Å². The average Bonchev–Trinajstić information content (AvgIpc) is 3.03. The second-order valence-corrected chi connectivity index (χ2v) is 7.73. The van der Waals surface area contributed by atoms with Crippen molar-refractivity contribution in [3.8, 4) is 0 Å². The van der Waals surface area contributed by atoms with E-state index in [2.05, 4.69) is 16.3 Å². The quantitative estimate of drug-likeness (QED) is 0.301. The van der Waals surface area contributed by atoms with E-state index in [4.69, 9.17) is 33.9 Å². The molecule has 0 aliphatic carbocycles. The van der Waals surface area contributed by atoms with Gasteiger partial charge in [-0.15, -0.1) is 11.3 Å². The largest absolute Gasteiger partial charge is 1.00 e. The van der Waals surface area contributed by atoms with Crippen molar-refractivity contribution < 1.29 is 56.6 Å². The van der Waals surface area contributed by atoms with Gasteiger partial charge in [-0.1, -0.05) is 29.8 Å². The van der Waals surface area contributed by atoms with Gasteiger partial charge in [-0.2, -0.15) is 0 Å². The van der Waals surface area contributed by atoms with Crippen LogP contribution in [0.2, 0.25) is 5.02 Å². The number of carbonyl (C=O) groups is 1. The van der Waals surface area contributed by atoms with Gasteiger partial charge in [-0.05, 0) is 35.1 Å². The van der Waals surface area contributed by atoms with Gasteiger partial charge in [0.2, 0.25) is 10.4 Å². The van der Waals surface area contributed by atoms with Crippen LogP contribution in [0.15, 0.2) is 35.7 Å². The molecule has 2 heterocycles. The summed E-state index contributed by atoms with van der Waals surface area (Å²) in [6.45, 7) is 1.59. The maximum absolute atomic E-state index is 12.3. The summed E-state index contributed by atoms with van der Waals surface area (Å²) in [5.41, 5.74) is 2.11. The zero-order valence-electron chi connectivity index (χ0n) is 14.8. The summed E-state index contributed by atoms with van der Waals surface area (Å²) in [5, 5.41) is 2.71. The number of fused-ring (bicyclic) bond motifs is 1. The van der Waals surface area contributed by atoms with Crippen molar-refractivity contribution in [3.05, 3.63) is 56.7 Å². The fourth-order valence-corrected chi connectivity index (χ4v) is 3.90. The predicted octanol–water partition coefficient (Wildman–Crippen LogP) is -0.317. The van der Waals surface area contributed by atoms with E-state index in [1.165, 1.54) is 17.6 Å². The molecule has 7 nitrogen and oxygen atoms in total. The summed E-state index contributed by atoms with van der Waals surface area (Å²) in [7, 11) is -3.49. The predicted molar refractivity (Wildman–Crippen MR) is 97.0 cm³/mol. The third-order valence-corrected chi connectivity index (χ3v) is 5.19. The Kier molecular flexibility index (Phi) is 9.90. The summed E-state index contributed by atoms with van der Waals surface area (Å²) in [4.78, 5) is 15.8. The van der Waals surface area contributed by atoms with Crippen LogP contribution in [-0.2, 0) is 32.9 Å². The molecule has 1 aromatic heterocycles. The zero-order valence-corrected chi connectivity index (χ0v) is 19.2. The monoisotopic (exact) mass is 441 g/mol. The topological polar surface area (TPSA) is 107 Å². The Hall–Kier alpha value is -0.490. The summed E-state index contributed by atoms with van der Waals surface area (Å²) in [6, 6.07) is 9.16. The molecule has 3 rings (SSSR count). The molecule has 1 aromatic carbocycles. The standard InChI is InChI=1S/C16H16ClNO2S.Na.H2O4S/c1-20-16(19)15(12-4-2-3-5-13(12)17)18-8-6-14-11(10-18)7-9-21-14;;1-5(2,3)4/h2-5,7,9,15H,6,8,10H2,1H3;;(H2,1,2,3,4)/q;+1;/p-1/t15-;;/m0../s1. The van der Waals surface area contributed by atoms with E-state index in [1.807, 2.05) is 24.3 Å². The molecule has 142 valence electrons. The number of esters is 1. The molecule has 0 amide bonds. The molecule has 0 unspecified atom stereocenters. The molecule has 0 radical (unpaired) electrons. The van der Waals surface area contributed by atoms with E-state index < -0.39 is 16.4 Å². The van der Waals surface area contributed by atoms with Crippen LogP contribution in [0.25, 0.3) is 0 Å². The molecule has 11 heteroatoms. The molecule has 0 bridgehead atoms. The number of hydrogen-bond donors (Lipinski definition) is 1. The molecule has 0 saturated carbocycles. The van der Waals surface area contributed by atoms with Crippen LogP contribution in [0.1, 0.15) is 22.0 Å². The van der Waals surface area contributed by atoms with Gasteiger partial charge in [-0.25, -0.2) is 13.2 Å². The van der Waals surface area contributed by atoms with Crippen LogP contribution in [0, 0.1) is 0 Å². The van der Waals surface area contributed by atoms with Crippen molar-refractivity contribution in [3.63, 3.8) is 0 Å². The van der Waals surface area contributed by atoms with Gasteiger partial charge in [0.15, 0.2) is 0 Å². The molecule has 0 fully saturated rings. The van der Waals surface area contributed by atoms with Crippen LogP contribution in [0.5, 0.6) is 0 Å². The number of ether oxygens (including phenoxy) is 1. The summed E-state index contributed by atoms with van der Waals surface area (Å²) in [5.74, 6) is -0.262. The Bertz CT molecular complexity index is 865. The Balaban J connectivity index is 0.000000542. The zero-order chi connectivity index (χ0) is 19.3. The Morgan fingerprint density at radius 1 is 1.37 bits per heavy atom. The Morgan fingerprint density at radius 2 is 2.00 bits per heavy atom. The number of halogens is 1. The van der Waals surface area contributed by atoms with Crippen LogP contribution >= 0.6 is 22.9 Å². The number of hydrogen-bond acceptors (Lipinski definition) is 7. The minimum Gasteiger partial charge on any atom is -0.726 e. The number of thiophene rings is 1. The molecule has 0 saturated heterocycles. The molecule has 2 aromatic rings. The third kappa shape index (κ3) is 7.45. The minimum atomic E-state index is -4.92. The van der Waals surface area contributed by atoms with E-state index >= 15 is 0 Å². The molecule has 1 aliphatic heterocycles. The number of carbonyl (C=O) groups excluding carboxylic acids is 1. The Labute approximate surface area is 189 Å². The van der Waals surface area contributed by atoms with Gasteiger partial charge in [0.1, 0.15) is 6.04 Å². The number of nitrogens with zero attached hydrogens (tertiary/aromatic N) is 1. The first-order chi connectivity index (χ1) is 12.2. The van der Waals surface area contributed by atoms with Crippen LogP contribution in [0.3, 0.4) is 0 Å². The molecule has 0 spiro atoms. The van der Waals surface area contributed by atoms with Gasteiger partial charge >= 0.3 is 35.5 Å². The molecule has 27 heavy (non-hydrogen) atoms. The van der Waals surface area contributed by atoms with Crippen molar-refractivity contribution in [1.29, 1.82) is 0 Å². The maximum atomic E-state index is 12.3. The fraction of sp³-hybridized carbons (Fsp3) is 0.312. The number of rotatable bonds is 3. The van der Waals surface area contributed by atoms with E-state index in [9.17, 15) is 4.79 Å². The van der Waals surface area contributed by atoms with Crippen molar-refractivity contribution in [2.75, 3.05) is 13.7 Å². The first kappa shape index (κ1) is 24.5. The SMILES string of the molecule is COC(=O)[C@H](c1ccccc1Cl)N1CCc2sccc2C1.O=S(=O)([O-])O.[Na+]. The molecular formula is C16H17ClNNaO6S2. The summed E-state index contributed by atoms with van der Waals surface area (Å²) < 4.78 is 37.8. The normalized spacial score (nSPS) is 14.8. The van der Waals surface area contributed by atoms with Crippen molar-refractivity contribution in [1.82, 2.24) is 4.90 Å². The van der Waals surface area contributed by atoms with Gasteiger partial charge < -0.3 is 9.29 Å². The van der Waals surface area contributed by atoms with Crippen molar-refractivity contribution in [2.24, 2.45) is 0 Å². The van der Waals surface area contributed by atoms with Crippen molar-refractivity contribution >= 4 is 39.3 Å². The first-order valence-electron chi connectivity index (χ1n) is 7.50. The van der Waals surface area contributed by atoms with Crippen LogP contribution in [-0.4, -0.2) is 42.0 Å². The molecule has 1 aliphatic rings. The molecule has 1 atom stereocenters. The summed E-state index contributed by atoms with van der Waals surface area (Å²) >= 11 is 8.07. The second-order valence-electron chi connectivity index (χ2n) is 5.46. The number of methoxy groups -OCH3 is 1. The average molecular weight is 442 g/mol. The molecular weight excluding hydrogens is 425 g/mol. The third-order valence-electron chi connectivity index (χ3n) is 3.83. The fourth-order valence-electron chi connectivity index (χ4n) is 2.77. The summed E-state index contributed by atoms with van der Waals surface area (Å²) in [6.07, 6.45) is 0.963. The van der Waals surface area contributed by atoms with Gasteiger partial charge in [0.05, 0.1) is 7.11 Å². The van der Waals surface area contributed by atoms with Crippen LogP contribution < -0.4 is 29.6 Å². The van der Waals surface area contributed by atoms with Gasteiger partial charge in [0, 0.05) is 23.0 Å². The van der Waals surface area contributed by atoms with E-state index in [0.717, 1.165) is 25.1 Å². The van der Waals surface area contributed by atoms with Gasteiger partial charge in [0.25, 0.3) is 0 Å². The number of benzene rings is 1. The maximum Gasteiger partial charge on any atom is 1.00 e. The smallest absolute Gasteiger partial charge is 0.726 e.